The number of hydrogen-bond donors (Lipinski definition) is 1. The minimum absolute atomic E-state index is 0.155. The summed E-state index contributed by atoms with van der Waals surface area (Å²) in [6.07, 6.45) is 1.98. The van der Waals surface area contributed by atoms with E-state index in [2.05, 4.69) is 5.32 Å². The summed E-state index contributed by atoms with van der Waals surface area (Å²) >= 11 is 0. The first-order chi connectivity index (χ1) is 9.51. The zero-order chi connectivity index (χ0) is 14.6. The first-order valence-electron chi connectivity index (χ1n) is 7.21. The highest BCUT2D eigenvalue weighted by molar-refractivity contribution is 5.86. The molecular weight excluding hydrogens is 252 g/mol. The second-order valence-corrected chi connectivity index (χ2v) is 5.75. The van der Waals surface area contributed by atoms with Crippen molar-refractivity contribution >= 4 is 5.91 Å². The van der Waals surface area contributed by atoms with Crippen LogP contribution in [0.15, 0.2) is 24.3 Å². The van der Waals surface area contributed by atoms with Gasteiger partial charge < -0.3 is 15.0 Å². The standard InChI is InChI=1S/C16H24N2O2/c1-13-6-4-7-14(12-13)20-11-10-18(3)15(19)16(2)8-5-9-17-16/h4,6-7,12,17H,5,8-11H2,1-3H3. The molecule has 20 heavy (non-hydrogen) atoms. The van der Waals surface area contributed by atoms with Crippen molar-refractivity contribution in [2.45, 2.75) is 32.2 Å². The maximum absolute atomic E-state index is 12.4. The Labute approximate surface area is 121 Å². The molecule has 1 unspecified atom stereocenters. The van der Waals surface area contributed by atoms with Crippen molar-refractivity contribution in [3.05, 3.63) is 29.8 Å². The number of nitrogens with one attached hydrogen (secondary N) is 1. The maximum atomic E-state index is 12.4. The molecule has 0 radical (unpaired) electrons. The topological polar surface area (TPSA) is 41.6 Å². The molecular formula is C16H24N2O2. The summed E-state index contributed by atoms with van der Waals surface area (Å²) in [5.41, 5.74) is 0.785. The van der Waals surface area contributed by atoms with Crippen molar-refractivity contribution in [1.82, 2.24) is 10.2 Å². The third kappa shape index (κ3) is 3.51. The van der Waals surface area contributed by atoms with E-state index in [-0.39, 0.29) is 5.91 Å². The minimum atomic E-state index is -0.391. The summed E-state index contributed by atoms with van der Waals surface area (Å²) in [4.78, 5) is 14.1. The first kappa shape index (κ1) is 14.9. The number of carbonyl (C=O) groups excluding carboxylic acids is 1. The highest BCUT2D eigenvalue weighted by atomic mass is 16.5. The Balaban J connectivity index is 1.80. The van der Waals surface area contributed by atoms with Crippen LogP contribution >= 0.6 is 0 Å². The molecule has 1 atom stereocenters. The van der Waals surface area contributed by atoms with Gasteiger partial charge in [-0.25, -0.2) is 0 Å². The quantitative estimate of drug-likeness (QED) is 0.894. The van der Waals surface area contributed by atoms with Crippen LogP contribution in [0.4, 0.5) is 0 Å². The molecule has 1 aliphatic rings. The van der Waals surface area contributed by atoms with Crippen LogP contribution in [0.1, 0.15) is 25.3 Å². The highest BCUT2D eigenvalue weighted by Gasteiger charge is 2.37. The molecule has 0 aromatic heterocycles. The lowest BCUT2D eigenvalue weighted by atomic mass is 9.99. The molecule has 1 saturated heterocycles. The number of hydrogen-bond acceptors (Lipinski definition) is 3. The molecule has 1 fully saturated rings. The van der Waals surface area contributed by atoms with E-state index < -0.39 is 5.54 Å². The fourth-order valence-corrected chi connectivity index (χ4v) is 2.61. The van der Waals surface area contributed by atoms with E-state index in [4.69, 9.17) is 4.74 Å². The number of aryl methyl sites for hydroxylation is 1. The Morgan fingerprint density at radius 1 is 1.50 bits per heavy atom. The molecule has 0 aliphatic carbocycles. The van der Waals surface area contributed by atoms with Crippen LogP contribution in [0.25, 0.3) is 0 Å². The van der Waals surface area contributed by atoms with Crippen LogP contribution in [0, 0.1) is 6.92 Å². The Hall–Kier alpha value is -1.55. The molecule has 2 rings (SSSR count). The zero-order valence-electron chi connectivity index (χ0n) is 12.6. The van der Waals surface area contributed by atoms with Crippen molar-refractivity contribution in [1.29, 1.82) is 0 Å². The van der Waals surface area contributed by atoms with E-state index in [0.717, 1.165) is 25.1 Å². The largest absolute Gasteiger partial charge is 0.492 e. The summed E-state index contributed by atoms with van der Waals surface area (Å²) in [6, 6.07) is 7.95. The van der Waals surface area contributed by atoms with E-state index in [9.17, 15) is 4.79 Å². The van der Waals surface area contributed by atoms with Crippen molar-refractivity contribution in [2.24, 2.45) is 0 Å². The Morgan fingerprint density at radius 2 is 2.30 bits per heavy atom. The molecule has 4 heteroatoms. The highest BCUT2D eigenvalue weighted by Crippen LogP contribution is 2.20. The van der Waals surface area contributed by atoms with Gasteiger partial charge in [-0.2, -0.15) is 0 Å². The van der Waals surface area contributed by atoms with Crippen molar-refractivity contribution < 1.29 is 9.53 Å². The fourth-order valence-electron chi connectivity index (χ4n) is 2.61. The zero-order valence-corrected chi connectivity index (χ0v) is 12.6. The number of ether oxygens (including phenoxy) is 1. The van der Waals surface area contributed by atoms with Gasteiger partial charge in [0.2, 0.25) is 5.91 Å². The molecule has 4 nitrogen and oxygen atoms in total. The van der Waals surface area contributed by atoms with Gasteiger partial charge in [0.05, 0.1) is 12.1 Å². The summed E-state index contributed by atoms with van der Waals surface area (Å²) in [5, 5.41) is 3.30. The van der Waals surface area contributed by atoms with Crippen LogP contribution in [0.5, 0.6) is 5.75 Å². The van der Waals surface area contributed by atoms with E-state index >= 15 is 0 Å². The van der Waals surface area contributed by atoms with Gasteiger partial charge in [-0.3, -0.25) is 4.79 Å². The van der Waals surface area contributed by atoms with E-state index in [1.807, 2.05) is 45.2 Å². The SMILES string of the molecule is Cc1cccc(OCCN(C)C(=O)C2(C)CCCN2)c1. The maximum Gasteiger partial charge on any atom is 0.242 e. The lowest BCUT2D eigenvalue weighted by Gasteiger charge is -2.29. The van der Waals surface area contributed by atoms with Crippen molar-refractivity contribution in [2.75, 3.05) is 26.7 Å². The van der Waals surface area contributed by atoms with Crippen LogP contribution in [0.2, 0.25) is 0 Å². The molecule has 1 heterocycles. The number of rotatable bonds is 5. The number of benzene rings is 1. The third-order valence-corrected chi connectivity index (χ3v) is 3.87. The van der Waals surface area contributed by atoms with Gasteiger partial charge >= 0.3 is 0 Å². The van der Waals surface area contributed by atoms with Gasteiger partial charge in [0.15, 0.2) is 0 Å². The predicted molar refractivity (Wildman–Crippen MR) is 80.0 cm³/mol. The monoisotopic (exact) mass is 276 g/mol. The van der Waals surface area contributed by atoms with Crippen LogP contribution in [-0.2, 0) is 4.79 Å². The van der Waals surface area contributed by atoms with Gasteiger partial charge in [-0.05, 0) is 50.9 Å². The number of amides is 1. The average molecular weight is 276 g/mol. The van der Waals surface area contributed by atoms with Gasteiger partial charge in [0.25, 0.3) is 0 Å². The van der Waals surface area contributed by atoms with Gasteiger partial charge in [-0.15, -0.1) is 0 Å². The summed E-state index contributed by atoms with van der Waals surface area (Å²) in [7, 11) is 1.84. The van der Waals surface area contributed by atoms with E-state index in [0.29, 0.717) is 13.2 Å². The van der Waals surface area contributed by atoms with E-state index in [1.165, 1.54) is 5.56 Å². The predicted octanol–water partition coefficient (Wildman–Crippen LogP) is 1.97. The van der Waals surface area contributed by atoms with Gasteiger partial charge in [0, 0.05) is 7.05 Å². The number of nitrogens with zero attached hydrogens (tertiary/aromatic N) is 1. The minimum Gasteiger partial charge on any atom is -0.492 e. The smallest absolute Gasteiger partial charge is 0.242 e. The number of likely N-dealkylation sites (N-methyl/N-ethyl adjacent to an activating group) is 1. The normalized spacial score (nSPS) is 21.8. The van der Waals surface area contributed by atoms with Crippen molar-refractivity contribution in [3.63, 3.8) is 0 Å². The van der Waals surface area contributed by atoms with Crippen molar-refractivity contribution in [3.8, 4) is 5.75 Å². The molecule has 0 saturated carbocycles. The average Bonchev–Trinajstić information content (AvgIpc) is 2.86. The first-order valence-corrected chi connectivity index (χ1v) is 7.21. The van der Waals surface area contributed by atoms with Crippen LogP contribution in [0.3, 0.4) is 0 Å². The Bertz CT molecular complexity index is 467. The van der Waals surface area contributed by atoms with E-state index in [1.54, 1.807) is 4.90 Å². The van der Waals surface area contributed by atoms with Crippen LogP contribution in [-0.4, -0.2) is 43.1 Å². The fraction of sp³-hybridized carbons (Fsp3) is 0.562. The Morgan fingerprint density at radius 3 is 2.95 bits per heavy atom. The second kappa shape index (κ2) is 6.27. The molecule has 1 amide bonds. The molecule has 1 aliphatic heterocycles. The summed E-state index contributed by atoms with van der Waals surface area (Å²) in [6.45, 7) is 6.07. The molecule has 0 bridgehead atoms. The molecule has 1 aromatic rings. The molecule has 110 valence electrons. The summed E-state index contributed by atoms with van der Waals surface area (Å²) in [5.74, 6) is 1.01. The second-order valence-electron chi connectivity index (χ2n) is 5.75. The van der Waals surface area contributed by atoms with Gasteiger partial charge in [0.1, 0.15) is 12.4 Å². The lowest BCUT2D eigenvalue weighted by molar-refractivity contribution is -0.136. The Kier molecular flexibility index (Phi) is 4.65. The molecule has 1 N–H and O–H groups in total. The number of carbonyl (C=O) groups is 1. The van der Waals surface area contributed by atoms with Crippen LogP contribution < -0.4 is 10.1 Å². The molecule has 1 aromatic carbocycles. The molecule has 0 spiro atoms. The third-order valence-electron chi connectivity index (χ3n) is 3.87. The van der Waals surface area contributed by atoms with Gasteiger partial charge in [-0.1, -0.05) is 12.1 Å². The summed E-state index contributed by atoms with van der Waals surface area (Å²) < 4.78 is 5.69. The lowest BCUT2D eigenvalue weighted by Crippen LogP contribution is -2.52.